The zero-order chi connectivity index (χ0) is 23.5. The Balaban J connectivity index is 1.62. The molecule has 2 heterocycles. The smallest absolute Gasteiger partial charge is 0.410 e. The van der Waals surface area contributed by atoms with E-state index >= 15 is 0 Å². The molecule has 1 saturated heterocycles. The number of fused-ring (bicyclic) bond motifs is 1. The quantitative estimate of drug-likeness (QED) is 0.573. The van der Waals surface area contributed by atoms with E-state index in [9.17, 15) is 14.4 Å². The average Bonchev–Trinajstić information content (AvgIpc) is 3.07. The zero-order valence-electron chi connectivity index (χ0n) is 20.0. The van der Waals surface area contributed by atoms with Gasteiger partial charge < -0.3 is 9.64 Å². The summed E-state index contributed by atoms with van der Waals surface area (Å²) >= 11 is 0. The largest absolute Gasteiger partial charge is 0.444 e. The number of amides is 2. The van der Waals surface area contributed by atoms with Crippen LogP contribution >= 0.6 is 0 Å². The molecular formula is C26H36N2O4. The fourth-order valence-corrected chi connectivity index (χ4v) is 4.37. The number of Topliss-reactive ketones (excluding diaryl/α,β-unsaturated/α-hetero) is 1. The van der Waals surface area contributed by atoms with Crippen LogP contribution in [0.1, 0.15) is 59.4 Å². The van der Waals surface area contributed by atoms with E-state index in [1.165, 1.54) is 10.5 Å². The predicted octanol–water partition coefficient (Wildman–Crippen LogP) is 4.76. The highest BCUT2D eigenvalue weighted by Gasteiger charge is 2.40. The summed E-state index contributed by atoms with van der Waals surface area (Å²) in [5.41, 5.74) is 1.58. The normalized spacial score (nSPS) is 19.1. The molecule has 2 amide bonds. The van der Waals surface area contributed by atoms with E-state index in [1.807, 2.05) is 45.0 Å². The van der Waals surface area contributed by atoms with Gasteiger partial charge in [0, 0.05) is 25.2 Å². The summed E-state index contributed by atoms with van der Waals surface area (Å²) in [5, 5.41) is 0. The first-order valence-corrected chi connectivity index (χ1v) is 11.6. The molecule has 0 aromatic heterocycles. The third kappa shape index (κ3) is 5.99. The van der Waals surface area contributed by atoms with Gasteiger partial charge >= 0.3 is 6.09 Å². The van der Waals surface area contributed by atoms with Crippen molar-refractivity contribution in [1.82, 2.24) is 4.90 Å². The minimum absolute atomic E-state index is 0.0367. The number of nitrogens with zero attached hydrogens (tertiary/aromatic N) is 2. The molecule has 2 aliphatic heterocycles. The summed E-state index contributed by atoms with van der Waals surface area (Å²) in [6.45, 7) is 10.9. The van der Waals surface area contributed by atoms with Crippen LogP contribution in [0, 0.1) is 11.8 Å². The predicted molar refractivity (Wildman–Crippen MR) is 126 cm³/mol. The van der Waals surface area contributed by atoms with E-state index in [0.29, 0.717) is 31.8 Å². The Labute approximate surface area is 191 Å². The molecule has 6 nitrogen and oxygen atoms in total. The summed E-state index contributed by atoms with van der Waals surface area (Å²) < 4.78 is 5.43. The molecular weight excluding hydrogens is 404 g/mol. The van der Waals surface area contributed by atoms with Crippen molar-refractivity contribution in [3.63, 3.8) is 0 Å². The number of hydrogen-bond acceptors (Lipinski definition) is 4. The van der Waals surface area contributed by atoms with Gasteiger partial charge in [0.25, 0.3) is 5.91 Å². The lowest BCUT2D eigenvalue weighted by Gasteiger charge is -2.40. The average molecular weight is 441 g/mol. The van der Waals surface area contributed by atoms with Crippen LogP contribution in [0.5, 0.6) is 0 Å². The Bertz CT molecular complexity index is 884. The second-order valence-corrected chi connectivity index (χ2v) is 10.3. The molecule has 0 N–H and O–H groups in total. The number of carbonyl (C=O) groups is 3. The Kier molecular flexibility index (Phi) is 7.42. The van der Waals surface area contributed by atoms with Crippen molar-refractivity contribution in [2.24, 2.45) is 11.8 Å². The summed E-state index contributed by atoms with van der Waals surface area (Å²) in [5.74, 6) is 0.348. The molecule has 1 fully saturated rings. The Hall–Kier alpha value is -2.63. The number of para-hydroxylation sites is 1. The van der Waals surface area contributed by atoms with Crippen molar-refractivity contribution in [2.45, 2.75) is 71.9 Å². The minimum Gasteiger partial charge on any atom is -0.444 e. The van der Waals surface area contributed by atoms with Crippen molar-refractivity contribution >= 4 is 23.5 Å². The van der Waals surface area contributed by atoms with Crippen molar-refractivity contribution < 1.29 is 19.1 Å². The molecule has 0 radical (unpaired) electrons. The van der Waals surface area contributed by atoms with Gasteiger partial charge in [0.2, 0.25) is 0 Å². The number of carbonyl (C=O) groups excluding carboxylic acids is 3. The van der Waals surface area contributed by atoms with Crippen LogP contribution in [0.25, 0.3) is 0 Å². The van der Waals surface area contributed by atoms with E-state index in [1.54, 1.807) is 11.0 Å². The highest BCUT2D eigenvalue weighted by molar-refractivity contribution is 6.03. The van der Waals surface area contributed by atoms with Gasteiger partial charge in [-0.15, -0.1) is 0 Å². The fraction of sp³-hybridized carbons (Fsp3) is 0.577. The molecule has 32 heavy (non-hydrogen) atoms. The molecule has 0 saturated carbocycles. The highest BCUT2D eigenvalue weighted by atomic mass is 16.6. The first kappa shape index (κ1) is 24.0. The molecule has 3 rings (SSSR count). The van der Waals surface area contributed by atoms with Crippen LogP contribution in [-0.2, 0) is 20.7 Å². The van der Waals surface area contributed by atoms with E-state index in [-0.39, 0.29) is 17.6 Å². The SMILES string of the molecule is CC(C)C[C@@H](/C=C/C(=O)N1CCc2ccccc21)CC(=O)[C@@H]1CCN1C(=O)OC(C)(C)C. The van der Waals surface area contributed by atoms with Gasteiger partial charge in [-0.25, -0.2) is 4.79 Å². The first-order chi connectivity index (χ1) is 15.0. The van der Waals surface area contributed by atoms with Crippen molar-refractivity contribution in [2.75, 3.05) is 18.0 Å². The van der Waals surface area contributed by atoms with E-state index in [2.05, 4.69) is 19.9 Å². The van der Waals surface area contributed by atoms with Gasteiger partial charge in [-0.05, 0) is 69.6 Å². The lowest BCUT2D eigenvalue weighted by atomic mass is 9.87. The summed E-state index contributed by atoms with van der Waals surface area (Å²) in [4.78, 5) is 41.5. The number of likely N-dealkylation sites (tertiary alicyclic amines) is 1. The van der Waals surface area contributed by atoms with Gasteiger partial charge in [-0.3, -0.25) is 14.5 Å². The van der Waals surface area contributed by atoms with E-state index < -0.39 is 17.7 Å². The van der Waals surface area contributed by atoms with Gasteiger partial charge in [-0.1, -0.05) is 38.1 Å². The highest BCUT2D eigenvalue weighted by Crippen LogP contribution is 2.29. The molecule has 1 aromatic rings. The second kappa shape index (κ2) is 9.88. The Morgan fingerprint density at radius 2 is 1.88 bits per heavy atom. The van der Waals surface area contributed by atoms with Crippen LogP contribution in [0.15, 0.2) is 36.4 Å². The summed E-state index contributed by atoms with van der Waals surface area (Å²) in [6.07, 6.45) is 5.74. The lowest BCUT2D eigenvalue weighted by molar-refractivity contribution is -0.129. The molecule has 2 aliphatic rings. The maximum Gasteiger partial charge on any atom is 0.410 e. The second-order valence-electron chi connectivity index (χ2n) is 10.3. The fourth-order valence-electron chi connectivity index (χ4n) is 4.37. The van der Waals surface area contributed by atoms with Gasteiger partial charge in [0.1, 0.15) is 5.60 Å². The number of rotatable bonds is 7. The monoisotopic (exact) mass is 440 g/mol. The van der Waals surface area contributed by atoms with Crippen LogP contribution in [0.4, 0.5) is 10.5 Å². The van der Waals surface area contributed by atoms with E-state index in [0.717, 1.165) is 18.5 Å². The number of hydrogen-bond donors (Lipinski definition) is 0. The molecule has 0 unspecified atom stereocenters. The molecule has 6 heteroatoms. The standard InChI is InChI=1S/C26H36N2O4/c1-18(2)16-19(10-11-24(30)27-14-12-20-8-6-7-9-21(20)27)17-23(29)22-13-15-28(22)25(31)32-26(3,4)5/h6-11,18-19,22H,12-17H2,1-5H3/b11-10+/t19-,22+/m1/s1. The number of ether oxygens (including phenoxy) is 1. The number of anilines is 1. The topological polar surface area (TPSA) is 66.9 Å². The molecule has 0 spiro atoms. The van der Waals surface area contributed by atoms with Gasteiger partial charge in [0.15, 0.2) is 5.78 Å². The van der Waals surface area contributed by atoms with Crippen LogP contribution in [0.2, 0.25) is 0 Å². The lowest BCUT2D eigenvalue weighted by Crippen LogP contribution is -2.56. The van der Waals surface area contributed by atoms with Gasteiger partial charge in [-0.2, -0.15) is 0 Å². The third-order valence-electron chi connectivity index (χ3n) is 5.92. The van der Waals surface area contributed by atoms with E-state index in [4.69, 9.17) is 4.74 Å². The zero-order valence-corrected chi connectivity index (χ0v) is 20.0. The Morgan fingerprint density at radius 3 is 2.50 bits per heavy atom. The molecule has 0 aliphatic carbocycles. The van der Waals surface area contributed by atoms with Crippen molar-refractivity contribution in [3.8, 4) is 0 Å². The Morgan fingerprint density at radius 1 is 1.16 bits per heavy atom. The summed E-state index contributed by atoms with van der Waals surface area (Å²) in [7, 11) is 0. The minimum atomic E-state index is -0.586. The van der Waals surface area contributed by atoms with Crippen molar-refractivity contribution in [1.29, 1.82) is 0 Å². The summed E-state index contributed by atoms with van der Waals surface area (Å²) in [6, 6.07) is 7.55. The number of allylic oxidation sites excluding steroid dienone is 1. The van der Waals surface area contributed by atoms with Crippen LogP contribution < -0.4 is 4.90 Å². The molecule has 174 valence electrons. The van der Waals surface area contributed by atoms with Crippen LogP contribution in [-0.4, -0.2) is 47.4 Å². The molecule has 2 atom stereocenters. The van der Waals surface area contributed by atoms with Crippen LogP contribution in [0.3, 0.4) is 0 Å². The van der Waals surface area contributed by atoms with Gasteiger partial charge in [0.05, 0.1) is 6.04 Å². The maximum atomic E-state index is 13.0. The maximum absolute atomic E-state index is 13.0. The number of ketones is 1. The number of benzene rings is 1. The first-order valence-electron chi connectivity index (χ1n) is 11.6. The van der Waals surface area contributed by atoms with Crippen molar-refractivity contribution in [3.05, 3.63) is 42.0 Å². The molecule has 1 aromatic carbocycles. The molecule has 0 bridgehead atoms. The third-order valence-corrected chi connectivity index (χ3v) is 5.92.